The number of oxazole rings is 1. The lowest BCUT2D eigenvalue weighted by atomic mass is 10.0. The number of imide groups is 1. The van der Waals surface area contributed by atoms with E-state index in [1.165, 1.54) is 52.9 Å². The molecule has 5 N–H and O–H groups in total. The Hall–Kier alpha value is -7.02. The Bertz CT molecular complexity index is 2430. The van der Waals surface area contributed by atoms with E-state index in [9.17, 15) is 32.8 Å². The molecule has 5 heterocycles. The zero-order valence-corrected chi connectivity index (χ0v) is 32.1. The first-order valence-corrected chi connectivity index (χ1v) is 19.4. The minimum absolute atomic E-state index is 0.116. The number of hydrogen-bond donors (Lipinski definition) is 5. The molecule has 8 rings (SSSR count). The molecule has 2 aromatic carbocycles. The number of nitrogens with zero attached hydrogens (tertiary/aromatic N) is 5. The minimum atomic E-state index is -3.00. The Kier molecular flexibility index (Phi) is 11.6. The highest BCUT2D eigenvalue weighted by Gasteiger charge is 2.40. The summed E-state index contributed by atoms with van der Waals surface area (Å²) >= 11 is 0. The number of piperidine rings is 1. The van der Waals surface area contributed by atoms with Gasteiger partial charge in [0.25, 0.3) is 24.1 Å². The number of rotatable bonds is 17. The van der Waals surface area contributed by atoms with E-state index in [1.54, 1.807) is 30.5 Å². The zero-order valence-electron chi connectivity index (χ0n) is 32.1. The Labute approximate surface area is 341 Å². The topological polar surface area (TPSA) is 215 Å². The summed E-state index contributed by atoms with van der Waals surface area (Å²) in [5, 5.41) is 18.0. The molecular formula is C41H40F2N10O7. The largest absolute Gasteiger partial charge is 0.444 e. The van der Waals surface area contributed by atoms with Crippen LogP contribution in [0.1, 0.15) is 74.6 Å². The van der Waals surface area contributed by atoms with Crippen LogP contribution in [0.2, 0.25) is 0 Å². The second kappa shape index (κ2) is 17.5. The molecule has 19 heteroatoms. The van der Waals surface area contributed by atoms with E-state index in [4.69, 9.17) is 9.15 Å². The third kappa shape index (κ3) is 9.00. The number of benzene rings is 2. The van der Waals surface area contributed by atoms with Crippen LogP contribution in [0.3, 0.4) is 0 Å². The van der Waals surface area contributed by atoms with Gasteiger partial charge < -0.3 is 35.3 Å². The van der Waals surface area contributed by atoms with Crippen LogP contribution in [-0.2, 0) is 20.9 Å². The van der Waals surface area contributed by atoms with Gasteiger partial charge in [-0.3, -0.25) is 29.3 Å². The highest BCUT2D eigenvalue weighted by Crippen LogP contribution is 2.33. The minimum Gasteiger partial charge on any atom is -0.444 e. The Morgan fingerprint density at radius 2 is 1.78 bits per heavy atom. The second-order valence-corrected chi connectivity index (χ2v) is 14.5. The highest BCUT2D eigenvalue weighted by atomic mass is 19.3. The predicted octanol–water partition coefficient (Wildman–Crippen LogP) is 4.55. The first-order chi connectivity index (χ1) is 29.1. The lowest BCUT2D eigenvalue weighted by Crippen LogP contribution is -2.52. The van der Waals surface area contributed by atoms with Crippen LogP contribution in [0.15, 0.2) is 77.7 Å². The maximum absolute atomic E-state index is 14.0. The molecule has 2 fully saturated rings. The van der Waals surface area contributed by atoms with E-state index in [2.05, 4.69) is 41.7 Å². The van der Waals surface area contributed by atoms with Gasteiger partial charge in [0.1, 0.15) is 18.1 Å². The van der Waals surface area contributed by atoms with Crippen LogP contribution in [-0.4, -0.2) is 93.1 Å². The van der Waals surface area contributed by atoms with Crippen molar-refractivity contribution in [2.75, 3.05) is 48.8 Å². The molecule has 1 atom stereocenters. The summed E-state index contributed by atoms with van der Waals surface area (Å²) in [6.45, 7) is 2.21. The van der Waals surface area contributed by atoms with Gasteiger partial charge in [0.2, 0.25) is 17.7 Å². The molecule has 5 amide bonds. The molecule has 0 bridgehead atoms. The fraction of sp³-hybridized carbons (Fsp3) is 0.317. The Morgan fingerprint density at radius 1 is 0.967 bits per heavy atom. The average Bonchev–Trinajstić information content (AvgIpc) is 3.60. The summed E-state index contributed by atoms with van der Waals surface area (Å²) in [5.74, 6) is -0.747. The smallest absolute Gasteiger partial charge is 0.284 e. The number of alkyl halides is 2. The van der Waals surface area contributed by atoms with E-state index in [0.717, 1.165) is 24.1 Å². The van der Waals surface area contributed by atoms with Gasteiger partial charge in [-0.05, 0) is 73.7 Å². The Morgan fingerprint density at radius 3 is 2.57 bits per heavy atom. The van der Waals surface area contributed by atoms with Crippen molar-refractivity contribution in [3.05, 3.63) is 101 Å². The normalized spacial score (nSPS) is 16.1. The fourth-order valence-corrected chi connectivity index (χ4v) is 6.92. The summed E-state index contributed by atoms with van der Waals surface area (Å²) in [6.07, 6.45) is 3.83. The van der Waals surface area contributed by atoms with E-state index in [-0.39, 0.29) is 67.5 Å². The van der Waals surface area contributed by atoms with Gasteiger partial charge in [0.15, 0.2) is 11.4 Å². The van der Waals surface area contributed by atoms with E-state index < -0.39 is 30.0 Å². The van der Waals surface area contributed by atoms with Crippen molar-refractivity contribution >= 4 is 46.7 Å². The van der Waals surface area contributed by atoms with Gasteiger partial charge >= 0.3 is 0 Å². The number of nitrogens with one attached hydrogen (secondary N) is 5. The van der Waals surface area contributed by atoms with Crippen molar-refractivity contribution in [2.45, 2.75) is 44.7 Å². The van der Waals surface area contributed by atoms with E-state index in [0.29, 0.717) is 47.3 Å². The molecule has 60 heavy (non-hydrogen) atoms. The lowest BCUT2D eigenvalue weighted by Gasteiger charge is -2.29. The van der Waals surface area contributed by atoms with Crippen molar-refractivity contribution in [2.24, 2.45) is 5.92 Å². The quantitative estimate of drug-likeness (QED) is 0.0645. The van der Waals surface area contributed by atoms with Crippen molar-refractivity contribution in [1.82, 2.24) is 35.3 Å². The molecule has 1 aliphatic carbocycles. The number of aromatic nitrogens is 4. The molecule has 1 saturated carbocycles. The van der Waals surface area contributed by atoms with Gasteiger partial charge in [-0.1, -0.05) is 6.07 Å². The van der Waals surface area contributed by atoms with Crippen molar-refractivity contribution in [3.63, 3.8) is 0 Å². The van der Waals surface area contributed by atoms with Crippen molar-refractivity contribution in [3.8, 4) is 17.1 Å². The predicted molar refractivity (Wildman–Crippen MR) is 212 cm³/mol. The van der Waals surface area contributed by atoms with Gasteiger partial charge in [0.05, 0.1) is 30.8 Å². The zero-order chi connectivity index (χ0) is 41.8. The molecule has 1 saturated heterocycles. The van der Waals surface area contributed by atoms with Crippen LogP contribution < -0.4 is 26.6 Å². The number of carbonyl (C=O) groups is 5. The number of carbonyl (C=O) groups excluding carboxylic acids is 5. The third-order valence-corrected chi connectivity index (χ3v) is 10.3. The highest BCUT2D eigenvalue weighted by molar-refractivity contribution is 6.06. The van der Waals surface area contributed by atoms with Gasteiger partial charge in [-0.25, -0.2) is 23.4 Å². The summed E-state index contributed by atoms with van der Waals surface area (Å²) in [7, 11) is 0. The lowest BCUT2D eigenvalue weighted by molar-refractivity contribution is -0.136. The molecule has 2 aliphatic heterocycles. The van der Waals surface area contributed by atoms with Gasteiger partial charge in [0, 0.05) is 66.7 Å². The van der Waals surface area contributed by atoms with Crippen molar-refractivity contribution < 1.29 is 41.9 Å². The summed E-state index contributed by atoms with van der Waals surface area (Å²) in [6, 6.07) is 14.2. The standard InChI is InChI=1S/C41H40F2N10O7/c42-36(43)35-30(48-38(56)31-22-60-40(49-31)25-12-13-45-33(18-25)47-19-23-4-5-23)21-53(51-35)26-8-6-24(7-9-26)37(55)46-15-17-59-16-14-44-29-3-1-2-27-28(29)20-52(41(27)58)32-10-11-34(54)50-39(32)57/h1-3,6-9,12-13,18,21-23,32,36,44H,4-5,10-11,14-17,19-20H2,(H,45,47)(H,46,55)(H,48,56)(H,50,54,57). The molecule has 5 aromatic rings. The van der Waals surface area contributed by atoms with Crippen LogP contribution in [0, 0.1) is 5.92 Å². The summed E-state index contributed by atoms with van der Waals surface area (Å²) < 4.78 is 40.4. The van der Waals surface area contributed by atoms with E-state index in [1.807, 2.05) is 6.07 Å². The number of amides is 5. The second-order valence-electron chi connectivity index (χ2n) is 14.5. The van der Waals surface area contributed by atoms with Crippen LogP contribution in [0.4, 0.5) is 26.0 Å². The third-order valence-electron chi connectivity index (χ3n) is 10.3. The molecule has 3 aromatic heterocycles. The van der Waals surface area contributed by atoms with Crippen molar-refractivity contribution in [1.29, 1.82) is 0 Å². The maximum Gasteiger partial charge on any atom is 0.284 e. The first-order valence-electron chi connectivity index (χ1n) is 19.4. The van der Waals surface area contributed by atoms with E-state index >= 15 is 0 Å². The van der Waals surface area contributed by atoms with Crippen LogP contribution in [0.5, 0.6) is 0 Å². The van der Waals surface area contributed by atoms with Gasteiger partial charge in [-0.2, -0.15) is 5.10 Å². The molecule has 17 nitrogen and oxygen atoms in total. The number of pyridine rings is 1. The summed E-state index contributed by atoms with van der Waals surface area (Å²) in [4.78, 5) is 72.9. The van der Waals surface area contributed by atoms with Gasteiger partial charge in [-0.15, -0.1) is 0 Å². The molecule has 310 valence electrons. The van der Waals surface area contributed by atoms with Crippen LogP contribution in [0.25, 0.3) is 17.1 Å². The number of hydrogen-bond acceptors (Lipinski definition) is 12. The summed E-state index contributed by atoms with van der Waals surface area (Å²) in [5.41, 5.74) is 2.31. The number of anilines is 3. The SMILES string of the molecule is O=C1CCC(N2Cc3c(NCCOCCNC(=O)c4ccc(-n5cc(NC(=O)c6coc(-c7ccnc(NCC8CC8)c7)n6)c(C(F)F)n5)cc4)cccc3C2=O)C(=O)N1. The molecular weight excluding hydrogens is 783 g/mol. The molecule has 1 unspecified atom stereocenters. The average molecular weight is 823 g/mol. The first kappa shape index (κ1) is 39.8. The molecule has 3 aliphatic rings. The monoisotopic (exact) mass is 822 g/mol. The number of fused-ring (bicyclic) bond motifs is 1. The number of ether oxygens (including phenoxy) is 1. The molecule has 0 spiro atoms. The Balaban J connectivity index is 0.790. The molecule has 0 radical (unpaired) electrons. The maximum atomic E-state index is 14.0. The van der Waals surface area contributed by atoms with Crippen LogP contribution >= 0.6 is 0 Å². The fourth-order valence-electron chi connectivity index (χ4n) is 6.92. The number of halogens is 2.